The molecule has 2 unspecified atom stereocenters. The van der Waals surface area contributed by atoms with Gasteiger partial charge in [-0.15, -0.1) is 0 Å². The van der Waals surface area contributed by atoms with E-state index in [2.05, 4.69) is 6.92 Å². The minimum Gasteiger partial charge on any atom is -0.481 e. The number of nitrogens with zero attached hydrogens (tertiary/aromatic N) is 1. The molecule has 2 atom stereocenters. The van der Waals surface area contributed by atoms with Gasteiger partial charge in [0.25, 0.3) is 0 Å². The second kappa shape index (κ2) is 5.51. The van der Waals surface area contributed by atoms with E-state index in [1.54, 1.807) is 0 Å². The Hall–Kier alpha value is -1.06. The van der Waals surface area contributed by atoms with Gasteiger partial charge in [0, 0.05) is 20.0 Å². The molecule has 19 heavy (non-hydrogen) atoms. The average Bonchev–Trinajstić information content (AvgIpc) is 2.82. The van der Waals surface area contributed by atoms with Crippen molar-refractivity contribution in [2.24, 2.45) is 17.3 Å². The van der Waals surface area contributed by atoms with E-state index < -0.39 is 5.97 Å². The summed E-state index contributed by atoms with van der Waals surface area (Å²) in [5, 5.41) is 9.06. The number of hydrogen-bond acceptors (Lipinski definition) is 2. The van der Waals surface area contributed by atoms with Crippen molar-refractivity contribution in [2.45, 2.75) is 51.9 Å². The lowest BCUT2D eigenvalue weighted by molar-refractivity contribution is -0.141. The lowest BCUT2D eigenvalue weighted by atomic mass is 9.79. The van der Waals surface area contributed by atoms with Crippen molar-refractivity contribution in [3.05, 3.63) is 0 Å². The fourth-order valence-electron chi connectivity index (χ4n) is 3.42. The molecule has 1 amide bonds. The number of rotatable bonds is 6. The number of carboxylic acid groups (broad SMARTS) is 1. The Balaban J connectivity index is 1.89. The van der Waals surface area contributed by atoms with Crippen molar-refractivity contribution >= 4 is 11.9 Å². The van der Waals surface area contributed by atoms with E-state index in [0.717, 1.165) is 38.1 Å². The van der Waals surface area contributed by atoms with Crippen LogP contribution in [0.4, 0.5) is 0 Å². The van der Waals surface area contributed by atoms with E-state index in [1.165, 1.54) is 6.42 Å². The molecular formula is C15H25NO3. The molecule has 0 aliphatic heterocycles. The summed E-state index contributed by atoms with van der Waals surface area (Å²) >= 11 is 0. The third-order valence-electron chi connectivity index (χ3n) is 4.93. The summed E-state index contributed by atoms with van der Waals surface area (Å²) in [6, 6.07) is 0. The fourth-order valence-corrected chi connectivity index (χ4v) is 3.42. The lowest BCUT2D eigenvalue weighted by Gasteiger charge is -2.29. The second-order valence-electron chi connectivity index (χ2n) is 6.70. The molecule has 0 spiro atoms. The number of carbonyl (C=O) groups is 2. The lowest BCUT2D eigenvalue weighted by Crippen LogP contribution is -2.34. The topological polar surface area (TPSA) is 57.6 Å². The summed E-state index contributed by atoms with van der Waals surface area (Å²) in [6.07, 6.45) is 5.67. The quantitative estimate of drug-likeness (QED) is 0.804. The van der Waals surface area contributed by atoms with Crippen LogP contribution in [0.5, 0.6) is 0 Å². The van der Waals surface area contributed by atoms with Crippen molar-refractivity contribution in [3.63, 3.8) is 0 Å². The molecule has 2 rings (SSSR count). The Morgan fingerprint density at radius 2 is 1.84 bits per heavy atom. The van der Waals surface area contributed by atoms with E-state index >= 15 is 0 Å². The third kappa shape index (κ3) is 3.71. The maximum absolute atomic E-state index is 12.3. The number of amides is 1. The zero-order chi connectivity index (χ0) is 14.0. The van der Waals surface area contributed by atoms with Gasteiger partial charge in [-0.1, -0.05) is 19.8 Å². The molecule has 4 heteroatoms. The van der Waals surface area contributed by atoms with E-state index in [4.69, 9.17) is 5.11 Å². The highest BCUT2D eigenvalue weighted by Gasteiger charge is 2.40. The van der Waals surface area contributed by atoms with Gasteiger partial charge in [-0.3, -0.25) is 9.59 Å². The maximum Gasteiger partial charge on any atom is 0.303 e. The zero-order valence-corrected chi connectivity index (χ0v) is 12.0. The van der Waals surface area contributed by atoms with Crippen LogP contribution in [0.15, 0.2) is 0 Å². The summed E-state index contributed by atoms with van der Waals surface area (Å²) in [4.78, 5) is 25.1. The predicted molar refractivity (Wildman–Crippen MR) is 72.7 cm³/mol. The summed E-state index contributed by atoms with van der Waals surface area (Å²) in [6.45, 7) is 3.05. The molecule has 0 aromatic heterocycles. The van der Waals surface area contributed by atoms with E-state index in [9.17, 15) is 9.59 Å². The molecule has 0 heterocycles. The Labute approximate surface area is 115 Å². The first-order valence-electron chi connectivity index (χ1n) is 7.38. The number of aliphatic carboxylic acids is 1. The van der Waals surface area contributed by atoms with Crippen LogP contribution in [-0.2, 0) is 9.59 Å². The van der Waals surface area contributed by atoms with Gasteiger partial charge in [0.05, 0.1) is 6.42 Å². The molecule has 4 nitrogen and oxygen atoms in total. The highest BCUT2D eigenvalue weighted by molar-refractivity contribution is 5.78. The van der Waals surface area contributed by atoms with Crippen LogP contribution in [-0.4, -0.2) is 35.5 Å². The van der Waals surface area contributed by atoms with Crippen LogP contribution in [0.3, 0.4) is 0 Å². The standard InChI is InChI=1S/C15H25NO3/c1-11-7-12(11)10-16(2)13(17)8-15(9-14(18)19)5-3-4-6-15/h11-12H,3-10H2,1-2H3,(H,18,19). The second-order valence-corrected chi connectivity index (χ2v) is 6.70. The Kier molecular flexibility index (Phi) is 4.16. The van der Waals surface area contributed by atoms with Crippen molar-refractivity contribution < 1.29 is 14.7 Å². The van der Waals surface area contributed by atoms with Crippen LogP contribution in [0.1, 0.15) is 51.9 Å². The van der Waals surface area contributed by atoms with Crippen LogP contribution in [0.2, 0.25) is 0 Å². The van der Waals surface area contributed by atoms with Crippen molar-refractivity contribution in [3.8, 4) is 0 Å². The normalized spacial score (nSPS) is 28.1. The van der Waals surface area contributed by atoms with Gasteiger partial charge in [-0.05, 0) is 36.5 Å². The number of carbonyl (C=O) groups excluding carboxylic acids is 1. The van der Waals surface area contributed by atoms with E-state index in [-0.39, 0.29) is 17.7 Å². The molecule has 0 radical (unpaired) electrons. The first kappa shape index (κ1) is 14.4. The Morgan fingerprint density at radius 3 is 2.32 bits per heavy atom. The SMILES string of the molecule is CC1CC1CN(C)C(=O)CC1(CC(=O)O)CCCC1. The van der Waals surface area contributed by atoms with Crippen LogP contribution >= 0.6 is 0 Å². The van der Waals surface area contributed by atoms with Gasteiger partial charge in [0.15, 0.2) is 0 Å². The van der Waals surface area contributed by atoms with Gasteiger partial charge in [0.1, 0.15) is 0 Å². The molecular weight excluding hydrogens is 242 g/mol. The van der Waals surface area contributed by atoms with Gasteiger partial charge in [-0.2, -0.15) is 0 Å². The highest BCUT2D eigenvalue weighted by Crippen LogP contribution is 2.44. The van der Waals surface area contributed by atoms with Crippen LogP contribution in [0.25, 0.3) is 0 Å². The molecule has 0 aromatic carbocycles. The summed E-state index contributed by atoms with van der Waals surface area (Å²) in [5.74, 6) is 0.762. The zero-order valence-electron chi connectivity index (χ0n) is 12.0. The highest BCUT2D eigenvalue weighted by atomic mass is 16.4. The number of carboxylic acids is 1. The van der Waals surface area contributed by atoms with E-state index in [0.29, 0.717) is 12.3 Å². The van der Waals surface area contributed by atoms with Gasteiger partial charge in [-0.25, -0.2) is 0 Å². The molecule has 2 saturated carbocycles. The smallest absolute Gasteiger partial charge is 0.303 e. The Bertz CT molecular complexity index is 360. The molecule has 2 fully saturated rings. The minimum absolute atomic E-state index is 0.127. The first-order valence-corrected chi connectivity index (χ1v) is 7.38. The predicted octanol–water partition coefficient (Wildman–Crippen LogP) is 2.53. The molecule has 108 valence electrons. The number of hydrogen-bond donors (Lipinski definition) is 1. The average molecular weight is 267 g/mol. The van der Waals surface area contributed by atoms with Gasteiger partial charge >= 0.3 is 5.97 Å². The third-order valence-corrected chi connectivity index (χ3v) is 4.93. The fraction of sp³-hybridized carbons (Fsp3) is 0.867. The molecule has 0 saturated heterocycles. The monoisotopic (exact) mass is 267 g/mol. The van der Waals surface area contributed by atoms with E-state index in [1.807, 2.05) is 11.9 Å². The summed E-state index contributed by atoms with van der Waals surface area (Å²) in [7, 11) is 1.86. The summed E-state index contributed by atoms with van der Waals surface area (Å²) in [5.41, 5.74) is -0.271. The minimum atomic E-state index is -0.770. The summed E-state index contributed by atoms with van der Waals surface area (Å²) < 4.78 is 0. The van der Waals surface area contributed by atoms with Gasteiger partial charge in [0.2, 0.25) is 5.91 Å². The van der Waals surface area contributed by atoms with Crippen molar-refractivity contribution in [2.75, 3.05) is 13.6 Å². The molecule has 0 bridgehead atoms. The largest absolute Gasteiger partial charge is 0.481 e. The van der Waals surface area contributed by atoms with Crippen LogP contribution in [0, 0.1) is 17.3 Å². The van der Waals surface area contributed by atoms with Crippen molar-refractivity contribution in [1.29, 1.82) is 0 Å². The Morgan fingerprint density at radius 1 is 1.26 bits per heavy atom. The molecule has 2 aliphatic carbocycles. The molecule has 2 aliphatic rings. The maximum atomic E-state index is 12.3. The van der Waals surface area contributed by atoms with Gasteiger partial charge < -0.3 is 10.0 Å². The molecule has 1 N–H and O–H groups in total. The van der Waals surface area contributed by atoms with Crippen molar-refractivity contribution in [1.82, 2.24) is 4.90 Å². The first-order chi connectivity index (χ1) is 8.92. The van der Waals surface area contributed by atoms with Crippen LogP contribution < -0.4 is 0 Å². The molecule has 0 aromatic rings.